The van der Waals surface area contributed by atoms with E-state index in [1.165, 1.54) is 16.7 Å². The summed E-state index contributed by atoms with van der Waals surface area (Å²) in [6.07, 6.45) is 2.10. The number of carbonyl (C=O) groups is 1. The number of hydrogen-bond donors (Lipinski definition) is 1. The Labute approximate surface area is 139 Å². The van der Waals surface area contributed by atoms with Crippen molar-refractivity contribution in [3.63, 3.8) is 0 Å². The highest BCUT2D eigenvalue weighted by Gasteiger charge is 2.23. The van der Waals surface area contributed by atoms with Gasteiger partial charge in [-0.05, 0) is 63.5 Å². The number of hydrogen-bond acceptors (Lipinski definition) is 3. The molecular formula is C17H27ClN2O2. The summed E-state index contributed by atoms with van der Waals surface area (Å²) < 4.78 is 0. The number of rotatable bonds is 5. The molecular weight excluding hydrogens is 300 g/mol. The number of likely N-dealkylation sites (tertiary alicyclic amines) is 1. The Kier molecular flexibility index (Phi) is 7.33. The van der Waals surface area contributed by atoms with E-state index in [9.17, 15) is 4.79 Å². The fraction of sp³-hybridized carbons (Fsp3) is 0.588. The number of benzene rings is 1. The molecule has 4 nitrogen and oxygen atoms in total. The van der Waals surface area contributed by atoms with Gasteiger partial charge in [0.25, 0.3) is 0 Å². The van der Waals surface area contributed by atoms with Crippen LogP contribution >= 0.6 is 12.4 Å². The second-order valence-corrected chi connectivity index (χ2v) is 6.19. The summed E-state index contributed by atoms with van der Waals surface area (Å²) in [5.41, 5.74) is 4.16. The molecule has 22 heavy (non-hydrogen) atoms. The first kappa shape index (κ1) is 18.9. The third kappa shape index (κ3) is 4.97. The van der Waals surface area contributed by atoms with Gasteiger partial charge in [-0.15, -0.1) is 12.4 Å². The lowest BCUT2D eigenvalue weighted by atomic mass is 9.99. The van der Waals surface area contributed by atoms with Crippen LogP contribution in [-0.2, 0) is 11.3 Å². The van der Waals surface area contributed by atoms with Crippen LogP contribution in [0.2, 0.25) is 0 Å². The summed E-state index contributed by atoms with van der Waals surface area (Å²) in [5, 5.41) is 8.87. The number of carboxylic acid groups (broad SMARTS) is 1. The Balaban J connectivity index is 0.00000242. The summed E-state index contributed by atoms with van der Waals surface area (Å²) in [7, 11) is 1.92. The van der Waals surface area contributed by atoms with Crippen LogP contribution in [-0.4, -0.2) is 53.6 Å². The zero-order valence-corrected chi connectivity index (χ0v) is 14.5. The molecule has 1 aromatic rings. The SMILES string of the molecule is Cc1cccc(C)c1CN1CCC(N(C)CC(=O)O)CC1.Cl. The number of aliphatic carboxylic acids is 1. The van der Waals surface area contributed by atoms with Crippen LogP contribution in [0.5, 0.6) is 0 Å². The minimum Gasteiger partial charge on any atom is -0.480 e. The Morgan fingerprint density at radius 3 is 2.32 bits per heavy atom. The predicted octanol–water partition coefficient (Wildman–Crippen LogP) is 2.71. The van der Waals surface area contributed by atoms with E-state index in [-0.39, 0.29) is 19.0 Å². The summed E-state index contributed by atoms with van der Waals surface area (Å²) in [5.74, 6) is -0.740. The van der Waals surface area contributed by atoms with E-state index < -0.39 is 5.97 Å². The van der Waals surface area contributed by atoms with Crippen molar-refractivity contribution in [2.75, 3.05) is 26.7 Å². The fourth-order valence-corrected chi connectivity index (χ4v) is 3.18. The van der Waals surface area contributed by atoms with Gasteiger partial charge < -0.3 is 5.11 Å². The molecule has 2 rings (SSSR count). The topological polar surface area (TPSA) is 43.8 Å². The summed E-state index contributed by atoms with van der Waals surface area (Å²) >= 11 is 0. The lowest BCUT2D eigenvalue weighted by Crippen LogP contribution is -2.44. The number of piperidine rings is 1. The maximum absolute atomic E-state index is 10.8. The first-order valence-electron chi connectivity index (χ1n) is 7.67. The Bertz CT molecular complexity index is 479. The first-order valence-corrected chi connectivity index (χ1v) is 7.67. The molecule has 0 aliphatic carbocycles. The van der Waals surface area contributed by atoms with Crippen molar-refractivity contribution in [1.29, 1.82) is 0 Å². The third-order valence-corrected chi connectivity index (χ3v) is 4.59. The molecule has 0 saturated carbocycles. The molecule has 124 valence electrons. The molecule has 0 unspecified atom stereocenters. The highest BCUT2D eigenvalue weighted by molar-refractivity contribution is 5.85. The van der Waals surface area contributed by atoms with Crippen molar-refractivity contribution < 1.29 is 9.90 Å². The molecule has 1 aliphatic rings. The van der Waals surface area contributed by atoms with Crippen molar-refractivity contribution in [3.05, 3.63) is 34.9 Å². The van der Waals surface area contributed by atoms with Gasteiger partial charge in [-0.2, -0.15) is 0 Å². The lowest BCUT2D eigenvalue weighted by molar-refractivity contribution is -0.138. The minimum absolute atomic E-state index is 0. The number of likely N-dealkylation sites (N-methyl/N-ethyl adjacent to an activating group) is 1. The van der Waals surface area contributed by atoms with Crippen LogP contribution in [0, 0.1) is 13.8 Å². The van der Waals surface area contributed by atoms with Gasteiger partial charge in [-0.1, -0.05) is 18.2 Å². The highest BCUT2D eigenvalue weighted by Crippen LogP contribution is 2.20. The lowest BCUT2D eigenvalue weighted by Gasteiger charge is -2.36. The van der Waals surface area contributed by atoms with Gasteiger partial charge >= 0.3 is 5.97 Å². The van der Waals surface area contributed by atoms with Crippen molar-refractivity contribution in [2.24, 2.45) is 0 Å². The van der Waals surface area contributed by atoms with E-state index in [1.54, 1.807) is 0 Å². The summed E-state index contributed by atoms with van der Waals surface area (Å²) in [6, 6.07) is 6.86. The largest absolute Gasteiger partial charge is 0.480 e. The van der Waals surface area contributed by atoms with Crippen LogP contribution < -0.4 is 0 Å². The molecule has 1 aromatic carbocycles. The van der Waals surface area contributed by atoms with Crippen molar-refractivity contribution >= 4 is 18.4 Å². The molecule has 0 spiro atoms. The van der Waals surface area contributed by atoms with E-state index in [4.69, 9.17) is 5.11 Å². The summed E-state index contributed by atoms with van der Waals surface area (Å²) in [4.78, 5) is 15.2. The number of nitrogens with zero attached hydrogens (tertiary/aromatic N) is 2. The van der Waals surface area contributed by atoms with Crippen LogP contribution in [0.1, 0.15) is 29.5 Å². The van der Waals surface area contributed by atoms with E-state index in [0.29, 0.717) is 6.04 Å². The fourth-order valence-electron chi connectivity index (χ4n) is 3.18. The van der Waals surface area contributed by atoms with Gasteiger partial charge in [0.2, 0.25) is 0 Å². The molecule has 0 bridgehead atoms. The first-order chi connectivity index (χ1) is 9.97. The molecule has 0 radical (unpaired) electrons. The number of aryl methyl sites for hydroxylation is 2. The van der Waals surface area contributed by atoms with Crippen molar-refractivity contribution in [3.8, 4) is 0 Å². The average molecular weight is 327 g/mol. The number of carboxylic acids is 1. The zero-order valence-electron chi connectivity index (χ0n) is 13.7. The third-order valence-electron chi connectivity index (χ3n) is 4.59. The molecule has 0 aromatic heterocycles. The maximum Gasteiger partial charge on any atom is 0.317 e. The van der Waals surface area contributed by atoms with Gasteiger partial charge in [-0.3, -0.25) is 14.6 Å². The molecule has 0 amide bonds. The monoisotopic (exact) mass is 326 g/mol. The van der Waals surface area contributed by atoms with Gasteiger partial charge in [0, 0.05) is 12.6 Å². The molecule has 5 heteroatoms. The zero-order chi connectivity index (χ0) is 15.4. The normalized spacial score (nSPS) is 16.5. The molecule has 1 fully saturated rings. The average Bonchev–Trinajstić information content (AvgIpc) is 2.43. The van der Waals surface area contributed by atoms with Crippen LogP contribution in [0.25, 0.3) is 0 Å². The Morgan fingerprint density at radius 1 is 1.27 bits per heavy atom. The maximum atomic E-state index is 10.8. The standard InChI is InChI=1S/C17H26N2O2.ClH/c1-13-5-4-6-14(2)16(13)11-19-9-7-15(8-10-19)18(3)12-17(20)21;/h4-6,15H,7-12H2,1-3H3,(H,20,21);1H. The predicted molar refractivity (Wildman–Crippen MR) is 91.7 cm³/mol. The van der Waals surface area contributed by atoms with Gasteiger partial charge in [0.1, 0.15) is 0 Å². The Hall–Kier alpha value is -1.10. The van der Waals surface area contributed by atoms with Gasteiger partial charge in [0.15, 0.2) is 0 Å². The van der Waals surface area contributed by atoms with Crippen LogP contribution in [0.15, 0.2) is 18.2 Å². The molecule has 1 saturated heterocycles. The smallest absolute Gasteiger partial charge is 0.317 e. The van der Waals surface area contributed by atoms with E-state index in [2.05, 4.69) is 36.9 Å². The molecule has 1 heterocycles. The quantitative estimate of drug-likeness (QED) is 0.903. The molecule has 0 atom stereocenters. The van der Waals surface area contributed by atoms with E-state index in [0.717, 1.165) is 32.5 Å². The highest BCUT2D eigenvalue weighted by atomic mass is 35.5. The molecule has 1 N–H and O–H groups in total. The van der Waals surface area contributed by atoms with Crippen molar-refractivity contribution in [2.45, 2.75) is 39.3 Å². The second-order valence-electron chi connectivity index (χ2n) is 6.19. The second kappa shape index (κ2) is 8.51. The minimum atomic E-state index is -0.740. The van der Waals surface area contributed by atoms with E-state index in [1.807, 2.05) is 11.9 Å². The Morgan fingerprint density at radius 2 is 1.82 bits per heavy atom. The van der Waals surface area contributed by atoms with E-state index >= 15 is 0 Å². The van der Waals surface area contributed by atoms with Crippen LogP contribution in [0.3, 0.4) is 0 Å². The molecule has 1 aliphatic heterocycles. The van der Waals surface area contributed by atoms with Crippen molar-refractivity contribution in [1.82, 2.24) is 9.80 Å². The van der Waals surface area contributed by atoms with Gasteiger partial charge in [-0.25, -0.2) is 0 Å². The van der Waals surface area contributed by atoms with Crippen LogP contribution in [0.4, 0.5) is 0 Å². The summed E-state index contributed by atoms with van der Waals surface area (Å²) in [6.45, 7) is 7.59. The number of halogens is 1. The van der Waals surface area contributed by atoms with Gasteiger partial charge in [0.05, 0.1) is 6.54 Å².